The molecule has 0 aliphatic rings. The average Bonchev–Trinajstić information content (AvgIpc) is 2.70. The Labute approximate surface area is 167 Å². The molecule has 0 aliphatic heterocycles. The zero-order valence-corrected chi connectivity index (χ0v) is 16.3. The van der Waals surface area contributed by atoms with Crippen molar-refractivity contribution >= 4 is 38.9 Å². The van der Waals surface area contributed by atoms with Gasteiger partial charge < -0.3 is 5.32 Å². The molecule has 0 spiro atoms. The summed E-state index contributed by atoms with van der Waals surface area (Å²) in [5.41, 5.74) is 0.267. The lowest BCUT2D eigenvalue weighted by atomic mass is 10.1. The number of carbonyl (C=O) groups excluding carboxylic acids is 1. The van der Waals surface area contributed by atoms with Gasteiger partial charge in [0.05, 0.1) is 26.9 Å². The Hall–Kier alpha value is -2.90. The van der Waals surface area contributed by atoms with Gasteiger partial charge in [0.15, 0.2) is 0 Å². The molecule has 0 saturated carbocycles. The number of hydrogen-bond donors (Lipinski definition) is 1. The molecule has 0 aromatic heterocycles. The van der Waals surface area contributed by atoms with Gasteiger partial charge in [-0.25, -0.2) is 12.8 Å². The highest BCUT2D eigenvalue weighted by molar-refractivity contribution is 7.92. The summed E-state index contributed by atoms with van der Waals surface area (Å²) >= 11 is 6.11. The monoisotopic (exact) mass is 418 g/mol. The quantitative estimate of drug-likeness (QED) is 0.660. The predicted molar refractivity (Wildman–Crippen MR) is 108 cm³/mol. The summed E-state index contributed by atoms with van der Waals surface area (Å²) in [5, 5.41) is 2.55. The summed E-state index contributed by atoms with van der Waals surface area (Å²) in [6.07, 6.45) is 0. The largest absolute Gasteiger partial charge is 0.319 e. The first-order valence-corrected chi connectivity index (χ1v) is 10.0. The molecule has 1 amide bonds. The fourth-order valence-corrected chi connectivity index (χ4v) is 3.94. The van der Waals surface area contributed by atoms with E-state index in [1.807, 2.05) is 0 Å². The van der Waals surface area contributed by atoms with Crippen molar-refractivity contribution in [2.24, 2.45) is 0 Å². The van der Waals surface area contributed by atoms with Crippen LogP contribution in [0, 0.1) is 5.82 Å². The summed E-state index contributed by atoms with van der Waals surface area (Å²) in [7, 11) is -2.44. The van der Waals surface area contributed by atoms with Crippen LogP contribution in [-0.4, -0.2) is 21.4 Å². The highest BCUT2D eigenvalue weighted by Crippen LogP contribution is 2.27. The number of hydrogen-bond acceptors (Lipinski definition) is 3. The molecular weight excluding hydrogens is 403 g/mol. The molecule has 3 aromatic carbocycles. The van der Waals surface area contributed by atoms with Crippen molar-refractivity contribution in [2.75, 3.05) is 16.7 Å². The van der Waals surface area contributed by atoms with Crippen molar-refractivity contribution < 1.29 is 17.6 Å². The zero-order chi connectivity index (χ0) is 20.3. The first-order valence-electron chi connectivity index (χ1n) is 8.20. The molecule has 8 heteroatoms. The number of halogens is 2. The minimum Gasteiger partial charge on any atom is -0.319 e. The molecule has 0 fully saturated rings. The highest BCUT2D eigenvalue weighted by Gasteiger charge is 2.23. The number of amides is 1. The van der Waals surface area contributed by atoms with E-state index in [9.17, 15) is 17.6 Å². The Kier molecular flexibility index (Phi) is 5.67. The van der Waals surface area contributed by atoms with Crippen LogP contribution in [0.5, 0.6) is 0 Å². The van der Waals surface area contributed by atoms with E-state index in [-0.39, 0.29) is 26.9 Å². The van der Waals surface area contributed by atoms with Crippen LogP contribution in [0.15, 0.2) is 77.7 Å². The Morgan fingerprint density at radius 1 is 1.00 bits per heavy atom. The van der Waals surface area contributed by atoms with E-state index in [2.05, 4.69) is 5.32 Å². The van der Waals surface area contributed by atoms with E-state index >= 15 is 0 Å². The molecule has 3 aromatic rings. The molecule has 0 atom stereocenters. The molecule has 5 nitrogen and oxygen atoms in total. The lowest BCUT2D eigenvalue weighted by Crippen LogP contribution is -2.27. The first-order chi connectivity index (χ1) is 13.3. The summed E-state index contributed by atoms with van der Waals surface area (Å²) in [6.45, 7) is 0. The fraction of sp³-hybridized carbons (Fsp3) is 0.0500. The molecule has 0 radical (unpaired) electrons. The van der Waals surface area contributed by atoms with Crippen LogP contribution in [0.1, 0.15) is 10.4 Å². The van der Waals surface area contributed by atoms with Gasteiger partial charge in [-0.05, 0) is 42.5 Å². The van der Waals surface area contributed by atoms with Crippen LogP contribution in [0.2, 0.25) is 5.02 Å². The van der Waals surface area contributed by atoms with Crippen molar-refractivity contribution in [1.29, 1.82) is 0 Å². The average molecular weight is 419 g/mol. The predicted octanol–water partition coefficient (Wildman–Crippen LogP) is 4.56. The summed E-state index contributed by atoms with van der Waals surface area (Å²) in [4.78, 5) is 12.7. The van der Waals surface area contributed by atoms with E-state index in [0.29, 0.717) is 0 Å². The van der Waals surface area contributed by atoms with E-state index in [1.54, 1.807) is 24.3 Å². The van der Waals surface area contributed by atoms with Crippen LogP contribution in [0.25, 0.3) is 0 Å². The summed E-state index contributed by atoms with van der Waals surface area (Å²) in [5.74, 6) is -1.24. The summed E-state index contributed by atoms with van der Waals surface area (Å²) < 4.78 is 40.4. The second-order valence-corrected chi connectivity index (χ2v) is 8.26. The van der Waals surface area contributed by atoms with Crippen LogP contribution in [0.3, 0.4) is 0 Å². The van der Waals surface area contributed by atoms with Gasteiger partial charge in [-0.1, -0.05) is 41.9 Å². The second kappa shape index (κ2) is 8.00. The smallest absolute Gasteiger partial charge is 0.264 e. The van der Waals surface area contributed by atoms with Crippen LogP contribution in [0.4, 0.5) is 15.8 Å². The molecule has 0 saturated heterocycles. The summed E-state index contributed by atoms with van der Waals surface area (Å²) in [6, 6.07) is 17.9. The molecule has 144 valence electrons. The fourth-order valence-electron chi connectivity index (χ4n) is 2.52. The van der Waals surface area contributed by atoms with E-state index in [1.165, 1.54) is 55.6 Å². The van der Waals surface area contributed by atoms with Gasteiger partial charge >= 0.3 is 0 Å². The van der Waals surface area contributed by atoms with E-state index in [4.69, 9.17) is 11.6 Å². The number of sulfonamides is 1. The molecule has 0 bridgehead atoms. The number of para-hydroxylation sites is 1. The number of benzene rings is 3. The van der Waals surface area contributed by atoms with Crippen LogP contribution < -0.4 is 9.62 Å². The highest BCUT2D eigenvalue weighted by atomic mass is 35.5. The molecule has 28 heavy (non-hydrogen) atoms. The Morgan fingerprint density at radius 3 is 2.32 bits per heavy atom. The SMILES string of the molecule is CN(c1ccc(Cl)c(C(=O)Nc2ccccc2F)c1)S(=O)(=O)c1ccccc1. The molecule has 0 aliphatic carbocycles. The van der Waals surface area contributed by atoms with E-state index in [0.717, 1.165) is 4.31 Å². The van der Waals surface area contributed by atoms with Gasteiger partial charge in [-0.2, -0.15) is 0 Å². The van der Waals surface area contributed by atoms with Crippen molar-refractivity contribution in [1.82, 2.24) is 0 Å². The third-order valence-corrected chi connectivity index (χ3v) is 6.21. The van der Waals surface area contributed by atoms with Gasteiger partial charge in [0.25, 0.3) is 15.9 Å². The standard InChI is InChI=1S/C20H16ClFN2O3S/c1-24(28(26,27)15-7-3-2-4-8-15)14-11-12-17(21)16(13-14)20(25)23-19-10-6-5-9-18(19)22/h2-13H,1H3,(H,23,25). The lowest BCUT2D eigenvalue weighted by molar-refractivity contribution is 0.102. The lowest BCUT2D eigenvalue weighted by Gasteiger charge is -2.20. The van der Waals surface area contributed by atoms with Gasteiger partial charge in [0, 0.05) is 7.05 Å². The van der Waals surface area contributed by atoms with Crippen molar-refractivity contribution in [3.8, 4) is 0 Å². The number of anilines is 2. The number of carbonyl (C=O) groups is 1. The van der Waals surface area contributed by atoms with E-state index < -0.39 is 21.7 Å². The minimum atomic E-state index is -3.81. The Balaban J connectivity index is 1.93. The van der Waals surface area contributed by atoms with Crippen molar-refractivity contribution in [3.63, 3.8) is 0 Å². The zero-order valence-electron chi connectivity index (χ0n) is 14.8. The van der Waals surface area contributed by atoms with Gasteiger partial charge in [0.2, 0.25) is 0 Å². The molecular formula is C20H16ClFN2O3S. The normalized spacial score (nSPS) is 11.1. The Bertz CT molecular complexity index is 1120. The first kappa shape index (κ1) is 19.9. The maximum Gasteiger partial charge on any atom is 0.264 e. The Morgan fingerprint density at radius 2 is 1.64 bits per heavy atom. The second-order valence-electron chi connectivity index (χ2n) is 5.88. The van der Waals surface area contributed by atoms with Crippen LogP contribution >= 0.6 is 11.6 Å². The molecule has 0 unspecified atom stereocenters. The third kappa shape index (κ3) is 4.00. The van der Waals surface area contributed by atoms with Gasteiger partial charge in [-0.3, -0.25) is 9.10 Å². The maximum atomic E-state index is 13.8. The topological polar surface area (TPSA) is 66.5 Å². The van der Waals surface area contributed by atoms with Gasteiger partial charge in [-0.15, -0.1) is 0 Å². The maximum absolute atomic E-state index is 13.8. The minimum absolute atomic E-state index is 0.000712. The van der Waals surface area contributed by atoms with Crippen molar-refractivity contribution in [3.05, 3.63) is 89.2 Å². The van der Waals surface area contributed by atoms with Gasteiger partial charge in [0.1, 0.15) is 5.82 Å². The number of rotatable bonds is 5. The van der Waals surface area contributed by atoms with Crippen molar-refractivity contribution in [2.45, 2.75) is 4.90 Å². The van der Waals surface area contributed by atoms with Crippen LogP contribution in [-0.2, 0) is 10.0 Å². The third-order valence-electron chi connectivity index (χ3n) is 4.08. The number of nitrogens with zero attached hydrogens (tertiary/aromatic N) is 1. The molecule has 0 heterocycles. The number of nitrogens with one attached hydrogen (secondary N) is 1. The molecule has 3 rings (SSSR count). The molecule has 1 N–H and O–H groups in total.